The second-order valence-corrected chi connectivity index (χ2v) is 5.73. The minimum absolute atomic E-state index is 0.219. The quantitative estimate of drug-likeness (QED) is 0.841. The lowest BCUT2D eigenvalue weighted by atomic mass is 10.1. The summed E-state index contributed by atoms with van der Waals surface area (Å²) >= 11 is 5.94. The van der Waals surface area contributed by atoms with Crippen molar-refractivity contribution in [2.24, 2.45) is 0 Å². The number of carbonyl (C=O) groups excluding carboxylic acids is 1. The third kappa shape index (κ3) is 4.25. The summed E-state index contributed by atoms with van der Waals surface area (Å²) in [7, 11) is 0. The number of rotatable bonds is 5. The lowest BCUT2D eigenvalue weighted by Crippen LogP contribution is -2.43. The van der Waals surface area contributed by atoms with Crippen LogP contribution in [0.5, 0.6) is 5.75 Å². The van der Waals surface area contributed by atoms with Gasteiger partial charge in [-0.25, -0.2) is 0 Å². The molecule has 0 radical (unpaired) electrons. The molecule has 0 aliphatic heterocycles. The molecule has 1 aromatic carbocycles. The van der Waals surface area contributed by atoms with Crippen LogP contribution in [0.3, 0.4) is 0 Å². The van der Waals surface area contributed by atoms with Crippen molar-refractivity contribution in [3.05, 3.63) is 34.5 Å². The molecule has 1 aromatic heterocycles. The monoisotopic (exact) mass is 376 g/mol. The van der Waals surface area contributed by atoms with E-state index in [1.54, 1.807) is 25.1 Å². The molecule has 0 bridgehead atoms. The number of aromatic nitrogens is 1. The van der Waals surface area contributed by atoms with Gasteiger partial charge in [-0.2, -0.15) is 13.2 Å². The highest BCUT2D eigenvalue weighted by molar-refractivity contribution is 6.30. The molecule has 0 saturated heterocycles. The Morgan fingerprint density at radius 1 is 1.44 bits per heavy atom. The first-order chi connectivity index (χ1) is 11.6. The fourth-order valence-electron chi connectivity index (χ4n) is 2.10. The van der Waals surface area contributed by atoms with Gasteiger partial charge in [0.25, 0.3) is 5.91 Å². The molecule has 0 saturated carbocycles. The number of halogens is 4. The summed E-state index contributed by atoms with van der Waals surface area (Å²) in [6, 6.07) is 2.80. The molecule has 1 unspecified atom stereocenters. The molecule has 136 valence electrons. The van der Waals surface area contributed by atoms with Gasteiger partial charge in [-0.1, -0.05) is 16.8 Å². The zero-order valence-corrected chi connectivity index (χ0v) is 14.5. The first-order valence-corrected chi connectivity index (χ1v) is 7.79. The van der Waals surface area contributed by atoms with E-state index in [1.165, 1.54) is 6.92 Å². The van der Waals surface area contributed by atoms with Crippen LogP contribution in [0, 0.1) is 6.92 Å². The van der Waals surface area contributed by atoms with Crippen LogP contribution in [0.4, 0.5) is 13.2 Å². The minimum Gasteiger partial charge on any atom is -0.493 e. The number of benzene rings is 1. The minimum atomic E-state index is -4.55. The number of hydrogen-bond acceptors (Lipinski definition) is 4. The fourth-order valence-corrected chi connectivity index (χ4v) is 2.27. The summed E-state index contributed by atoms with van der Waals surface area (Å²) in [4.78, 5) is 12.0. The Morgan fingerprint density at radius 2 is 2.12 bits per heavy atom. The Balaban J connectivity index is 2.34. The predicted octanol–water partition coefficient (Wildman–Crippen LogP) is 4.38. The van der Waals surface area contributed by atoms with Gasteiger partial charge in [-0.3, -0.25) is 4.79 Å². The van der Waals surface area contributed by atoms with Gasteiger partial charge in [0.05, 0.1) is 12.2 Å². The normalized spacial score (nSPS) is 12.8. The van der Waals surface area contributed by atoms with Gasteiger partial charge < -0.3 is 14.6 Å². The zero-order valence-electron chi connectivity index (χ0n) is 13.7. The zero-order chi connectivity index (χ0) is 18.8. The average Bonchev–Trinajstić information content (AvgIpc) is 2.88. The molecule has 0 fully saturated rings. The molecule has 0 aliphatic carbocycles. The van der Waals surface area contributed by atoms with E-state index in [0.717, 1.165) is 6.92 Å². The Bertz CT molecular complexity index is 774. The molecule has 9 heteroatoms. The van der Waals surface area contributed by atoms with E-state index in [9.17, 15) is 18.0 Å². The highest BCUT2D eigenvalue weighted by Gasteiger charge is 2.38. The standard InChI is InChI=1S/C16H16ClF3N2O3/c1-4-24-12-7-10(17)5-6-11(12)14-8(2)13(22-25-14)15(23)21-9(3)16(18,19)20/h5-7,9H,4H2,1-3H3,(H,21,23). The van der Waals surface area contributed by atoms with Crippen LogP contribution < -0.4 is 10.1 Å². The van der Waals surface area contributed by atoms with Crippen molar-refractivity contribution >= 4 is 17.5 Å². The molecule has 1 atom stereocenters. The lowest BCUT2D eigenvalue weighted by molar-refractivity contribution is -0.149. The summed E-state index contributed by atoms with van der Waals surface area (Å²) < 4.78 is 48.4. The summed E-state index contributed by atoms with van der Waals surface area (Å²) in [6.45, 7) is 4.54. The van der Waals surface area contributed by atoms with E-state index in [-0.39, 0.29) is 11.5 Å². The van der Waals surface area contributed by atoms with E-state index in [0.29, 0.717) is 28.5 Å². The van der Waals surface area contributed by atoms with Crippen molar-refractivity contribution in [3.63, 3.8) is 0 Å². The summed E-state index contributed by atoms with van der Waals surface area (Å²) in [5, 5.41) is 5.91. The van der Waals surface area contributed by atoms with Crippen molar-refractivity contribution in [1.82, 2.24) is 10.5 Å². The van der Waals surface area contributed by atoms with Crippen molar-refractivity contribution in [1.29, 1.82) is 0 Å². The average molecular weight is 377 g/mol. The second kappa shape index (κ2) is 7.35. The molecule has 1 N–H and O–H groups in total. The van der Waals surface area contributed by atoms with Crippen LogP contribution in [0.15, 0.2) is 22.7 Å². The van der Waals surface area contributed by atoms with E-state index in [2.05, 4.69) is 5.16 Å². The molecule has 25 heavy (non-hydrogen) atoms. The Kier molecular flexibility index (Phi) is 5.62. The first-order valence-electron chi connectivity index (χ1n) is 7.41. The van der Waals surface area contributed by atoms with Crippen molar-refractivity contribution in [2.75, 3.05) is 6.61 Å². The molecule has 2 aromatic rings. The van der Waals surface area contributed by atoms with Gasteiger partial charge in [-0.15, -0.1) is 0 Å². The summed E-state index contributed by atoms with van der Waals surface area (Å²) in [6.07, 6.45) is -4.55. The molecular formula is C16H16ClF3N2O3. The van der Waals surface area contributed by atoms with Crippen LogP contribution in [-0.4, -0.2) is 29.9 Å². The number of nitrogens with one attached hydrogen (secondary N) is 1. The molecular weight excluding hydrogens is 361 g/mol. The van der Waals surface area contributed by atoms with Gasteiger partial charge in [0, 0.05) is 10.6 Å². The Morgan fingerprint density at radius 3 is 2.72 bits per heavy atom. The SMILES string of the molecule is CCOc1cc(Cl)ccc1-c1onc(C(=O)NC(C)C(F)(F)F)c1C. The fraction of sp³-hybridized carbons (Fsp3) is 0.375. The van der Waals surface area contributed by atoms with E-state index in [4.69, 9.17) is 20.9 Å². The molecule has 2 rings (SSSR count). The molecule has 0 spiro atoms. The van der Waals surface area contributed by atoms with Gasteiger partial charge in [-0.05, 0) is 39.0 Å². The third-order valence-corrected chi connectivity index (χ3v) is 3.70. The van der Waals surface area contributed by atoms with E-state index >= 15 is 0 Å². The highest BCUT2D eigenvalue weighted by Crippen LogP contribution is 2.35. The molecule has 5 nitrogen and oxygen atoms in total. The Hall–Kier alpha value is -2.22. The Labute approximate surface area is 147 Å². The van der Waals surface area contributed by atoms with Gasteiger partial charge in [0.2, 0.25) is 0 Å². The van der Waals surface area contributed by atoms with Gasteiger partial charge in [0.15, 0.2) is 11.5 Å². The highest BCUT2D eigenvalue weighted by atomic mass is 35.5. The largest absolute Gasteiger partial charge is 0.493 e. The summed E-state index contributed by atoms with van der Waals surface area (Å²) in [5.74, 6) is -0.320. The maximum atomic E-state index is 12.6. The van der Waals surface area contributed by atoms with E-state index < -0.39 is 18.1 Å². The molecule has 0 aliphatic rings. The molecule has 1 heterocycles. The number of ether oxygens (including phenoxy) is 1. The topological polar surface area (TPSA) is 64.4 Å². The number of alkyl halides is 3. The maximum Gasteiger partial charge on any atom is 0.408 e. The second-order valence-electron chi connectivity index (χ2n) is 5.30. The first kappa shape index (κ1) is 19.1. The predicted molar refractivity (Wildman–Crippen MR) is 85.8 cm³/mol. The number of amides is 1. The van der Waals surface area contributed by atoms with Crippen LogP contribution in [0.2, 0.25) is 5.02 Å². The summed E-state index contributed by atoms with van der Waals surface area (Å²) in [5.41, 5.74) is 0.581. The molecule has 1 amide bonds. The van der Waals surface area contributed by atoms with Crippen molar-refractivity contribution in [2.45, 2.75) is 33.0 Å². The van der Waals surface area contributed by atoms with Crippen molar-refractivity contribution < 1.29 is 27.2 Å². The van der Waals surface area contributed by atoms with Crippen molar-refractivity contribution in [3.8, 4) is 17.1 Å². The number of nitrogens with zero attached hydrogens (tertiary/aromatic N) is 1. The van der Waals surface area contributed by atoms with Crippen LogP contribution in [0.1, 0.15) is 29.9 Å². The van der Waals surface area contributed by atoms with Crippen LogP contribution >= 0.6 is 11.6 Å². The third-order valence-electron chi connectivity index (χ3n) is 3.47. The van der Waals surface area contributed by atoms with Crippen LogP contribution in [0.25, 0.3) is 11.3 Å². The number of carbonyl (C=O) groups is 1. The van der Waals surface area contributed by atoms with Gasteiger partial charge in [0.1, 0.15) is 11.8 Å². The number of hydrogen-bond donors (Lipinski definition) is 1. The smallest absolute Gasteiger partial charge is 0.408 e. The van der Waals surface area contributed by atoms with E-state index in [1.807, 2.05) is 5.32 Å². The lowest BCUT2D eigenvalue weighted by Gasteiger charge is -2.16. The van der Waals surface area contributed by atoms with Crippen LogP contribution in [-0.2, 0) is 0 Å². The maximum absolute atomic E-state index is 12.6. The van der Waals surface area contributed by atoms with Gasteiger partial charge >= 0.3 is 6.18 Å².